The molecule has 0 saturated heterocycles. The van der Waals surface area contributed by atoms with E-state index in [1.165, 1.54) is 25.0 Å². The first-order chi connectivity index (χ1) is 8.70. The summed E-state index contributed by atoms with van der Waals surface area (Å²) in [5, 5.41) is 0.578. The van der Waals surface area contributed by atoms with Crippen molar-refractivity contribution in [3.05, 3.63) is 24.0 Å². The maximum atomic E-state index is 13.2. The topological polar surface area (TPSA) is 43.8 Å². The van der Waals surface area contributed by atoms with Gasteiger partial charge < -0.3 is 10.3 Å². The Bertz CT molecular complexity index is 581. The van der Waals surface area contributed by atoms with Crippen molar-refractivity contribution in [3.63, 3.8) is 0 Å². The molecule has 1 aliphatic carbocycles. The first kappa shape index (κ1) is 11.8. The third-order valence-electron chi connectivity index (χ3n) is 3.73. The van der Waals surface area contributed by atoms with Gasteiger partial charge in [-0.1, -0.05) is 6.42 Å². The van der Waals surface area contributed by atoms with Crippen molar-refractivity contribution in [3.8, 4) is 0 Å². The first-order valence-corrected chi connectivity index (χ1v) is 7.45. The molecule has 2 atom stereocenters. The van der Waals surface area contributed by atoms with Crippen LogP contribution in [0.4, 0.5) is 10.3 Å². The summed E-state index contributed by atoms with van der Waals surface area (Å²) in [5.74, 6) is 0.238. The van der Waals surface area contributed by atoms with E-state index in [1.54, 1.807) is 6.07 Å². The molecule has 2 aromatic rings. The highest BCUT2D eigenvalue weighted by atomic mass is 32.2. The summed E-state index contributed by atoms with van der Waals surface area (Å²) in [6.07, 6.45) is 5.69. The summed E-state index contributed by atoms with van der Waals surface area (Å²) in [6.45, 7) is 0. The maximum absolute atomic E-state index is 13.2. The molecule has 1 saturated carbocycles. The predicted molar refractivity (Wildman–Crippen MR) is 74.3 cm³/mol. The summed E-state index contributed by atoms with van der Waals surface area (Å²) in [6, 6.07) is 5.09. The van der Waals surface area contributed by atoms with Gasteiger partial charge in [-0.3, -0.25) is 0 Å². The minimum atomic E-state index is -0.264. The highest BCUT2D eigenvalue weighted by Gasteiger charge is 2.30. The molecule has 2 unspecified atom stereocenters. The third kappa shape index (κ3) is 1.77. The molecule has 2 N–H and O–H groups in total. The molecule has 3 rings (SSSR count). The van der Waals surface area contributed by atoms with E-state index < -0.39 is 0 Å². The molecule has 1 aromatic carbocycles. The summed E-state index contributed by atoms with van der Waals surface area (Å²) in [5.41, 5.74) is 7.62. The molecular weight excluding hydrogens is 249 g/mol. The molecule has 5 heteroatoms. The number of imidazole rings is 1. The molecule has 1 heterocycles. The number of nitrogen functional groups attached to an aromatic ring is 1. The fraction of sp³-hybridized carbons (Fsp3) is 0.462. The summed E-state index contributed by atoms with van der Waals surface area (Å²) in [7, 11) is 0. The van der Waals surface area contributed by atoms with Gasteiger partial charge in [0.2, 0.25) is 5.95 Å². The number of fused-ring (bicyclic) bond motifs is 1. The van der Waals surface area contributed by atoms with Crippen molar-refractivity contribution in [2.24, 2.45) is 0 Å². The highest BCUT2D eigenvalue weighted by molar-refractivity contribution is 7.99. The fourth-order valence-electron chi connectivity index (χ4n) is 2.92. The SMILES string of the molecule is CSC1CCCC1n1c(N)nc2cc(F)ccc21. The van der Waals surface area contributed by atoms with E-state index in [-0.39, 0.29) is 5.82 Å². The third-order valence-corrected chi connectivity index (χ3v) is 4.89. The molecule has 0 amide bonds. The van der Waals surface area contributed by atoms with Crippen molar-refractivity contribution < 1.29 is 4.39 Å². The predicted octanol–water partition coefficient (Wildman–Crippen LogP) is 3.21. The number of halogens is 1. The normalized spacial score (nSPS) is 23.9. The van der Waals surface area contributed by atoms with E-state index in [1.807, 2.05) is 11.8 Å². The first-order valence-electron chi connectivity index (χ1n) is 6.16. The largest absolute Gasteiger partial charge is 0.369 e. The van der Waals surface area contributed by atoms with Crippen LogP contribution in [0, 0.1) is 5.82 Å². The zero-order valence-corrected chi connectivity index (χ0v) is 11.1. The number of rotatable bonds is 2. The van der Waals surface area contributed by atoms with Gasteiger partial charge in [0.1, 0.15) is 5.82 Å². The lowest BCUT2D eigenvalue weighted by Crippen LogP contribution is -2.17. The van der Waals surface area contributed by atoms with Crippen LogP contribution in [0.2, 0.25) is 0 Å². The second-order valence-electron chi connectivity index (χ2n) is 4.75. The summed E-state index contributed by atoms with van der Waals surface area (Å²) in [4.78, 5) is 4.28. The Labute approximate surface area is 110 Å². The zero-order valence-electron chi connectivity index (χ0n) is 10.3. The second-order valence-corrected chi connectivity index (χ2v) is 5.82. The molecule has 18 heavy (non-hydrogen) atoms. The number of hydrogen-bond donors (Lipinski definition) is 1. The Morgan fingerprint density at radius 1 is 1.44 bits per heavy atom. The van der Waals surface area contributed by atoms with Gasteiger partial charge in [-0.05, 0) is 31.2 Å². The van der Waals surface area contributed by atoms with Gasteiger partial charge in [-0.25, -0.2) is 9.37 Å². The molecule has 0 bridgehead atoms. The second kappa shape index (κ2) is 4.46. The lowest BCUT2D eigenvalue weighted by Gasteiger charge is -2.21. The Morgan fingerprint density at radius 2 is 2.28 bits per heavy atom. The van der Waals surface area contributed by atoms with Crippen molar-refractivity contribution in [2.75, 3.05) is 12.0 Å². The molecule has 1 aliphatic rings. The Hall–Kier alpha value is -1.23. The average Bonchev–Trinajstić information content (AvgIpc) is 2.90. The Morgan fingerprint density at radius 3 is 3.06 bits per heavy atom. The molecule has 3 nitrogen and oxygen atoms in total. The minimum Gasteiger partial charge on any atom is -0.369 e. The van der Waals surface area contributed by atoms with Crippen molar-refractivity contribution in [1.29, 1.82) is 0 Å². The Kier molecular flexibility index (Phi) is 2.93. The van der Waals surface area contributed by atoms with E-state index in [4.69, 9.17) is 5.73 Å². The molecule has 0 radical (unpaired) electrons. The van der Waals surface area contributed by atoms with Crippen LogP contribution in [0.1, 0.15) is 25.3 Å². The van der Waals surface area contributed by atoms with Crippen molar-refractivity contribution in [1.82, 2.24) is 9.55 Å². The van der Waals surface area contributed by atoms with Crippen LogP contribution in [0.15, 0.2) is 18.2 Å². The average molecular weight is 265 g/mol. The number of aromatic nitrogens is 2. The number of thioether (sulfide) groups is 1. The number of nitrogens with zero attached hydrogens (tertiary/aromatic N) is 2. The molecule has 0 spiro atoms. The van der Waals surface area contributed by atoms with Gasteiger partial charge in [-0.2, -0.15) is 11.8 Å². The van der Waals surface area contributed by atoms with Gasteiger partial charge in [0.25, 0.3) is 0 Å². The van der Waals surface area contributed by atoms with Crippen LogP contribution in [0.5, 0.6) is 0 Å². The number of hydrogen-bond acceptors (Lipinski definition) is 3. The van der Waals surface area contributed by atoms with Crippen LogP contribution in [0.25, 0.3) is 11.0 Å². The van der Waals surface area contributed by atoms with Crippen LogP contribution in [-0.2, 0) is 0 Å². The lowest BCUT2D eigenvalue weighted by molar-refractivity contribution is 0.549. The van der Waals surface area contributed by atoms with Crippen LogP contribution in [-0.4, -0.2) is 21.1 Å². The van der Waals surface area contributed by atoms with Gasteiger partial charge in [0, 0.05) is 17.4 Å². The van der Waals surface area contributed by atoms with E-state index in [9.17, 15) is 4.39 Å². The Balaban J connectivity index is 2.13. The monoisotopic (exact) mass is 265 g/mol. The van der Waals surface area contributed by atoms with Crippen LogP contribution >= 0.6 is 11.8 Å². The van der Waals surface area contributed by atoms with Gasteiger partial charge >= 0.3 is 0 Å². The summed E-state index contributed by atoms with van der Waals surface area (Å²) < 4.78 is 15.3. The van der Waals surface area contributed by atoms with E-state index in [0.29, 0.717) is 22.8 Å². The fourth-order valence-corrected chi connectivity index (χ4v) is 3.89. The maximum Gasteiger partial charge on any atom is 0.201 e. The smallest absolute Gasteiger partial charge is 0.201 e. The molecular formula is C13H16FN3S. The highest BCUT2D eigenvalue weighted by Crippen LogP contribution is 2.40. The van der Waals surface area contributed by atoms with Crippen molar-refractivity contribution >= 4 is 28.7 Å². The zero-order chi connectivity index (χ0) is 12.7. The minimum absolute atomic E-state index is 0.264. The molecule has 96 valence electrons. The van der Waals surface area contributed by atoms with Gasteiger partial charge in [0.15, 0.2) is 0 Å². The molecule has 0 aliphatic heterocycles. The van der Waals surface area contributed by atoms with Crippen molar-refractivity contribution in [2.45, 2.75) is 30.6 Å². The standard InChI is InChI=1S/C13H16FN3S/c1-18-12-4-2-3-11(12)17-10-6-5-8(14)7-9(10)16-13(17)15/h5-7,11-12H,2-4H2,1H3,(H2,15,16). The molecule has 1 fully saturated rings. The van der Waals surface area contributed by atoms with Gasteiger partial charge in [0.05, 0.1) is 11.0 Å². The summed E-state index contributed by atoms with van der Waals surface area (Å²) >= 11 is 1.88. The number of anilines is 1. The van der Waals surface area contributed by atoms with Crippen LogP contribution < -0.4 is 5.73 Å². The van der Waals surface area contributed by atoms with E-state index in [0.717, 1.165) is 11.9 Å². The lowest BCUT2D eigenvalue weighted by atomic mass is 10.2. The number of benzene rings is 1. The van der Waals surface area contributed by atoms with E-state index in [2.05, 4.69) is 15.8 Å². The van der Waals surface area contributed by atoms with E-state index >= 15 is 0 Å². The number of nitrogens with two attached hydrogens (primary N) is 1. The van der Waals surface area contributed by atoms with Crippen LogP contribution in [0.3, 0.4) is 0 Å². The van der Waals surface area contributed by atoms with Gasteiger partial charge in [-0.15, -0.1) is 0 Å². The quantitative estimate of drug-likeness (QED) is 0.906. The molecule has 1 aromatic heterocycles.